The summed E-state index contributed by atoms with van der Waals surface area (Å²) in [7, 11) is 6.05. The van der Waals surface area contributed by atoms with E-state index in [0.29, 0.717) is 147 Å². The van der Waals surface area contributed by atoms with Crippen molar-refractivity contribution >= 4 is 53.2 Å². The van der Waals surface area contributed by atoms with E-state index >= 15 is 0 Å². The average molecular weight is 1450 g/mol. The van der Waals surface area contributed by atoms with Crippen LogP contribution in [-0.4, -0.2) is 245 Å². The van der Waals surface area contributed by atoms with Gasteiger partial charge in [0.2, 0.25) is 17.7 Å². The van der Waals surface area contributed by atoms with Crippen LogP contribution in [0.3, 0.4) is 0 Å². The number of carbonyl (C=O) groups is 6. The minimum Gasteiger partial charge on any atom is -0.459 e. The number of aliphatic hydroxyl groups is 2. The minimum atomic E-state index is -2.48. The number of piperazine rings is 1. The lowest BCUT2D eigenvalue weighted by atomic mass is 9.80. The predicted molar refractivity (Wildman–Crippen MR) is 384 cm³/mol. The Hall–Kier alpha value is -6.90. The molecule has 1 saturated carbocycles. The quantitative estimate of drug-likeness (QED) is 0.0344. The van der Waals surface area contributed by atoms with Crippen molar-refractivity contribution in [1.29, 1.82) is 0 Å². The van der Waals surface area contributed by atoms with Gasteiger partial charge in [0.15, 0.2) is 5.78 Å². The lowest BCUT2D eigenvalue weighted by molar-refractivity contribution is -0.265. The Bertz CT molecular complexity index is 3170. The van der Waals surface area contributed by atoms with E-state index in [0.717, 1.165) is 5.57 Å². The molecule has 6 heterocycles. The third-order valence-electron chi connectivity index (χ3n) is 20.4. The molecule has 0 spiro atoms. The van der Waals surface area contributed by atoms with Crippen LogP contribution in [-0.2, 0) is 73.1 Å². The van der Waals surface area contributed by atoms with Gasteiger partial charge in [0, 0.05) is 142 Å². The molecule has 3 saturated heterocycles. The topological polar surface area (TPSA) is 373 Å². The number of nitrogens with zero attached hydrogens (tertiary/aromatic N) is 7. The van der Waals surface area contributed by atoms with Gasteiger partial charge < -0.3 is 94.4 Å². The second kappa shape index (κ2) is 41.7. The molecular formula is C74H115N11O18. The van der Waals surface area contributed by atoms with Crippen LogP contribution in [0.25, 0.3) is 0 Å². The first-order valence-electron chi connectivity index (χ1n) is 36.6. The van der Waals surface area contributed by atoms with Crippen molar-refractivity contribution in [3.05, 3.63) is 77.3 Å². The van der Waals surface area contributed by atoms with Crippen LogP contribution in [0.5, 0.6) is 0 Å². The van der Waals surface area contributed by atoms with Crippen molar-refractivity contribution in [2.75, 3.05) is 123 Å². The number of esters is 1. The molecule has 4 fully saturated rings. The summed E-state index contributed by atoms with van der Waals surface area (Å²) in [6.45, 7) is 18.3. The first-order chi connectivity index (χ1) is 49.4. The molecule has 2 aromatic rings. The second-order valence-corrected chi connectivity index (χ2v) is 27.9. The van der Waals surface area contributed by atoms with E-state index in [2.05, 4.69) is 30.6 Å². The highest BCUT2D eigenvalue weighted by atomic mass is 16.6. The Morgan fingerprint density at radius 2 is 1.42 bits per heavy atom. The molecule has 0 radical (unpaired) electrons. The highest BCUT2D eigenvalue weighted by Gasteiger charge is 2.53. The zero-order valence-electron chi connectivity index (χ0n) is 62.2. The number of anilines is 3. The zero-order chi connectivity index (χ0) is 74.8. The number of cyclic esters (lactones) is 1. The van der Waals surface area contributed by atoms with E-state index in [9.17, 15) is 39.0 Å². The van der Waals surface area contributed by atoms with E-state index in [4.69, 9.17) is 58.8 Å². The SMILES string of the molecule is CCOCCOCCOCCNC(=O)c1cnc(N2CCN(c3ncc(CNC(=O)O[C@@H]4CC[C@@H](C[C@@H](N)[C@@H]5C[C@@H](OC)[C@H](C)/C=C(\C)[C@@H](O)[C@@H](OC)C(=O)[C@H](C)C[C@H](C)/C=C/C=C/C=C(\C)C(OC)C[C@@H]6CC[C@@H](C)[C@@](O)(O6)C(=O)C(=O)N6CCCC[C@H]6C(=O)O5)C[C@H]4OC)cn3)CC2)nc1N. The van der Waals surface area contributed by atoms with E-state index in [1.54, 1.807) is 40.5 Å². The second-order valence-electron chi connectivity index (χ2n) is 27.9. The normalized spacial score (nSPS) is 31.3. The summed E-state index contributed by atoms with van der Waals surface area (Å²) in [6, 6.07) is -2.02. The third kappa shape index (κ3) is 24.1. The number of fused-ring (bicyclic) bond motifs is 3. The van der Waals surface area contributed by atoms with E-state index in [1.807, 2.05) is 80.9 Å². The molecule has 16 atom stereocenters. The standard InChI is InChI=1S/C74H115N11O18/c1-12-98-32-33-100-35-34-99-31-25-77-68(89)55-45-80-72(82-67(55)76)84-29-27-83(28-30-84)71-78-42-53(43-79-71)44-81-73(92)102-58-24-22-52(39-62(58)96-10)38-56(75)61-41-60(95-9)48(4)37-50(6)64(87)65(97-11)63(86)49(5)36-46(2)18-14-13-15-19-47(3)59(94-8)40-54-23-21-51(7)74(93,103-54)66(88)69(90)85-26-17-16-20-57(85)70(91)101-61/h13-15,18-19,37,42-43,45-46,48-49,51-52,54,56-62,64-65,87,93H,12,16-17,20-36,38-41,44,75H2,1-11H3,(H,77,89)(H,81,92)(H2,76,80,82)/b15-13+,18-14+,47-19+,50-37+/t46-,48-,49-,51-,52+,54+,56-,57+,58-,59?,60-,61+,62-,64-,65+,74-/m1/s1. The average Bonchev–Trinajstić information content (AvgIpc) is 0.774. The first-order valence-corrected chi connectivity index (χ1v) is 36.6. The lowest BCUT2D eigenvalue weighted by Gasteiger charge is -2.43. The van der Waals surface area contributed by atoms with Gasteiger partial charge in [0.25, 0.3) is 17.6 Å². The summed E-state index contributed by atoms with van der Waals surface area (Å²) in [5.41, 5.74) is 15.6. The van der Waals surface area contributed by atoms with Crippen LogP contribution >= 0.6 is 0 Å². The number of piperidine rings is 1. The van der Waals surface area contributed by atoms with Gasteiger partial charge in [-0.3, -0.25) is 19.2 Å². The summed E-state index contributed by atoms with van der Waals surface area (Å²) in [5, 5.41) is 29.5. The van der Waals surface area contributed by atoms with Crippen molar-refractivity contribution in [2.24, 2.45) is 35.3 Å². The molecule has 1 aliphatic carbocycles. The minimum absolute atomic E-state index is 0.00164. The van der Waals surface area contributed by atoms with Crippen molar-refractivity contribution in [2.45, 2.75) is 199 Å². The van der Waals surface area contributed by atoms with Gasteiger partial charge in [0.05, 0.1) is 63.0 Å². The number of aliphatic hydroxyl groups excluding tert-OH is 1. The molecule has 1 unspecified atom stereocenters. The number of carbonyl (C=O) groups excluding carboxylic acids is 6. The summed E-state index contributed by atoms with van der Waals surface area (Å²) in [6.07, 6.45) is 13.8. The number of rotatable bonds is 23. The summed E-state index contributed by atoms with van der Waals surface area (Å²) in [4.78, 5) is 107. The monoisotopic (exact) mass is 1450 g/mol. The van der Waals surface area contributed by atoms with E-state index in [-0.39, 0.29) is 67.9 Å². The Morgan fingerprint density at radius 3 is 2.09 bits per heavy atom. The number of amides is 3. The highest BCUT2D eigenvalue weighted by Crippen LogP contribution is 2.38. The maximum atomic E-state index is 14.9. The first kappa shape index (κ1) is 83.4. The molecule has 8 N–H and O–H groups in total. The van der Waals surface area contributed by atoms with Crippen LogP contribution in [0.4, 0.5) is 22.5 Å². The van der Waals surface area contributed by atoms with Crippen LogP contribution in [0.2, 0.25) is 0 Å². The molecule has 5 aliphatic rings. The Balaban J connectivity index is 0.969. The molecule has 29 nitrogen and oxygen atoms in total. The fourth-order valence-corrected chi connectivity index (χ4v) is 14.1. The van der Waals surface area contributed by atoms with Crippen molar-refractivity contribution in [1.82, 2.24) is 35.5 Å². The number of Topliss-reactive ketones (excluding diaryl/α,β-unsaturated/α-hetero) is 2. The summed E-state index contributed by atoms with van der Waals surface area (Å²) >= 11 is 0. The number of aromatic nitrogens is 4. The van der Waals surface area contributed by atoms with Crippen LogP contribution in [0.15, 0.2) is 66.2 Å². The number of hydrogen-bond donors (Lipinski definition) is 6. The molecule has 103 heavy (non-hydrogen) atoms. The molecule has 2 aromatic heterocycles. The maximum Gasteiger partial charge on any atom is 0.407 e. The number of nitrogens with one attached hydrogen (secondary N) is 2. The zero-order valence-corrected chi connectivity index (χ0v) is 62.2. The summed E-state index contributed by atoms with van der Waals surface area (Å²) < 4.78 is 58.6. The van der Waals surface area contributed by atoms with Crippen LogP contribution < -0.4 is 31.9 Å². The Morgan fingerprint density at radius 1 is 0.738 bits per heavy atom. The van der Waals surface area contributed by atoms with E-state index < -0.39 is 114 Å². The van der Waals surface area contributed by atoms with Gasteiger partial charge in [-0.15, -0.1) is 0 Å². The predicted octanol–water partition coefficient (Wildman–Crippen LogP) is 5.54. The third-order valence-corrected chi connectivity index (χ3v) is 20.4. The van der Waals surface area contributed by atoms with Crippen LogP contribution in [0.1, 0.15) is 141 Å². The van der Waals surface area contributed by atoms with Gasteiger partial charge in [-0.2, -0.15) is 4.98 Å². The van der Waals surface area contributed by atoms with Gasteiger partial charge in [0.1, 0.15) is 36.3 Å². The van der Waals surface area contributed by atoms with Gasteiger partial charge >= 0.3 is 12.1 Å². The lowest BCUT2D eigenvalue weighted by Crippen LogP contribution is -2.61. The Labute approximate surface area is 606 Å². The van der Waals surface area contributed by atoms with Gasteiger partial charge in [-0.1, -0.05) is 64.2 Å². The van der Waals surface area contributed by atoms with Crippen molar-refractivity contribution < 1.29 is 86.3 Å². The number of allylic oxidation sites excluding steroid dienone is 5. The van der Waals surface area contributed by atoms with Crippen LogP contribution in [0, 0.1) is 29.6 Å². The summed E-state index contributed by atoms with van der Waals surface area (Å²) in [5.74, 6) is -6.90. The molecule has 4 aliphatic heterocycles. The Kier molecular flexibility index (Phi) is 33.8. The number of methoxy groups -OCH3 is 4. The molecule has 7 rings (SSSR count). The fourth-order valence-electron chi connectivity index (χ4n) is 14.1. The highest BCUT2D eigenvalue weighted by molar-refractivity contribution is 6.39. The number of hydrogen-bond acceptors (Lipinski definition) is 26. The number of ether oxygens (including phenoxy) is 10. The maximum absolute atomic E-state index is 14.9. The number of nitrogen functional groups attached to an aromatic ring is 1. The molecule has 2 bridgehead atoms. The van der Waals surface area contributed by atoms with E-state index in [1.165, 1.54) is 25.3 Å². The van der Waals surface area contributed by atoms with Crippen molar-refractivity contribution in [3.63, 3.8) is 0 Å². The number of nitrogens with two attached hydrogens (primary N) is 2. The smallest absolute Gasteiger partial charge is 0.407 e. The van der Waals surface area contributed by atoms with Gasteiger partial charge in [-0.05, 0) is 108 Å². The molecule has 29 heteroatoms. The molecule has 0 aromatic carbocycles. The van der Waals surface area contributed by atoms with Gasteiger partial charge in [-0.25, -0.2) is 24.5 Å². The molecule has 3 amide bonds. The number of alkyl carbamates (subject to hydrolysis) is 1. The molecular weight excluding hydrogens is 1330 g/mol. The largest absolute Gasteiger partial charge is 0.459 e. The fraction of sp³-hybridized carbons (Fsp3) is 0.703. The van der Waals surface area contributed by atoms with Crippen molar-refractivity contribution in [3.8, 4) is 0 Å². The molecule has 574 valence electrons. The number of ketones is 2.